The van der Waals surface area contributed by atoms with Gasteiger partial charge < -0.3 is 10.1 Å². The van der Waals surface area contributed by atoms with Crippen molar-refractivity contribution in [2.45, 2.75) is 13.0 Å². The van der Waals surface area contributed by atoms with E-state index in [4.69, 9.17) is 4.74 Å². The second-order valence-electron chi connectivity index (χ2n) is 5.31. The molecule has 6 heteroatoms. The third-order valence-corrected chi connectivity index (χ3v) is 3.76. The van der Waals surface area contributed by atoms with Crippen molar-refractivity contribution in [2.75, 3.05) is 23.4 Å². The highest BCUT2D eigenvalue weighted by molar-refractivity contribution is 5.89. The molecule has 3 rings (SSSR count). The number of amides is 1. The van der Waals surface area contributed by atoms with E-state index >= 15 is 0 Å². The Morgan fingerprint density at radius 3 is 2.35 bits per heavy atom. The first kappa shape index (κ1) is 15.3. The smallest absolute Gasteiger partial charge is 0.414 e. The highest BCUT2D eigenvalue weighted by Gasteiger charge is 2.23. The third kappa shape index (κ3) is 3.11. The van der Waals surface area contributed by atoms with Gasteiger partial charge in [-0.05, 0) is 43.3 Å². The average Bonchev–Trinajstić information content (AvgIpc) is 2.94. The van der Waals surface area contributed by atoms with Crippen LogP contribution >= 0.6 is 0 Å². The normalized spacial score (nSPS) is 15.4. The Kier molecular flexibility index (Phi) is 4.14. The molecule has 0 radical (unpaired) electrons. The van der Waals surface area contributed by atoms with E-state index in [-0.39, 0.29) is 11.7 Å². The molecule has 120 valence electrons. The van der Waals surface area contributed by atoms with Crippen LogP contribution in [0, 0.1) is 11.6 Å². The molecule has 2 aromatic carbocycles. The van der Waals surface area contributed by atoms with Crippen LogP contribution in [0.2, 0.25) is 0 Å². The second kappa shape index (κ2) is 6.24. The van der Waals surface area contributed by atoms with Crippen molar-refractivity contribution in [1.29, 1.82) is 0 Å². The lowest BCUT2D eigenvalue weighted by Crippen LogP contribution is -2.23. The van der Waals surface area contributed by atoms with E-state index in [0.717, 1.165) is 5.69 Å². The van der Waals surface area contributed by atoms with Gasteiger partial charge in [0, 0.05) is 16.9 Å². The summed E-state index contributed by atoms with van der Waals surface area (Å²) in [4.78, 5) is 13.0. The summed E-state index contributed by atoms with van der Waals surface area (Å²) in [5, 5.41) is 3.05. The van der Waals surface area contributed by atoms with Gasteiger partial charge in [-0.2, -0.15) is 0 Å². The first-order chi connectivity index (χ1) is 11.1. The van der Waals surface area contributed by atoms with Crippen LogP contribution in [0.25, 0.3) is 0 Å². The lowest BCUT2D eigenvalue weighted by Gasteiger charge is -2.18. The zero-order valence-corrected chi connectivity index (χ0v) is 12.6. The van der Waals surface area contributed by atoms with Crippen molar-refractivity contribution in [1.82, 2.24) is 0 Å². The molecule has 23 heavy (non-hydrogen) atoms. The molecule has 0 bridgehead atoms. The van der Waals surface area contributed by atoms with Gasteiger partial charge in [-0.3, -0.25) is 4.90 Å². The Bertz CT molecular complexity index is 699. The number of hydrogen-bond acceptors (Lipinski definition) is 3. The minimum atomic E-state index is -0.582. The van der Waals surface area contributed by atoms with Gasteiger partial charge in [-0.15, -0.1) is 0 Å². The minimum absolute atomic E-state index is 0.000280. The monoisotopic (exact) mass is 318 g/mol. The predicted molar refractivity (Wildman–Crippen MR) is 83.5 cm³/mol. The quantitative estimate of drug-likeness (QED) is 0.923. The highest BCUT2D eigenvalue weighted by atomic mass is 19.1. The fraction of sp³-hybridized carbons (Fsp3) is 0.235. The number of carbonyl (C=O) groups is 1. The highest BCUT2D eigenvalue weighted by Crippen LogP contribution is 2.26. The van der Waals surface area contributed by atoms with E-state index in [9.17, 15) is 13.6 Å². The Hall–Kier alpha value is -2.63. The van der Waals surface area contributed by atoms with E-state index < -0.39 is 17.7 Å². The summed E-state index contributed by atoms with van der Waals surface area (Å²) in [7, 11) is 0. The number of halogens is 2. The molecular weight excluding hydrogens is 302 g/mol. The molecule has 1 N–H and O–H groups in total. The second-order valence-corrected chi connectivity index (χ2v) is 5.31. The van der Waals surface area contributed by atoms with Gasteiger partial charge in [0.25, 0.3) is 0 Å². The van der Waals surface area contributed by atoms with E-state index in [1.54, 1.807) is 31.2 Å². The lowest BCUT2D eigenvalue weighted by atomic mass is 10.1. The molecule has 4 nitrogen and oxygen atoms in total. The number of carbonyl (C=O) groups excluding carboxylic acids is 1. The summed E-state index contributed by atoms with van der Waals surface area (Å²) in [5.74, 6) is -1.16. The molecule has 1 atom stereocenters. The summed E-state index contributed by atoms with van der Waals surface area (Å²) in [6.07, 6.45) is -0.368. The van der Waals surface area contributed by atoms with Gasteiger partial charge in [0.1, 0.15) is 18.2 Å². The van der Waals surface area contributed by atoms with Crippen molar-refractivity contribution in [3.05, 3.63) is 59.7 Å². The van der Waals surface area contributed by atoms with Gasteiger partial charge in [-0.25, -0.2) is 13.6 Å². The molecular formula is C17H16F2N2O2. The first-order valence-corrected chi connectivity index (χ1v) is 7.31. The standard InChI is InChI=1S/C17H16F2N2O2/c1-11(16-14(18)3-2-4-15(16)19)20-12-5-7-13(8-6-12)21-9-10-23-17(21)22/h2-8,11,20H,9-10H2,1H3/t11-/m0/s1. The summed E-state index contributed by atoms with van der Waals surface area (Å²) < 4.78 is 32.4. The third-order valence-electron chi connectivity index (χ3n) is 3.76. The van der Waals surface area contributed by atoms with Crippen LogP contribution in [0.1, 0.15) is 18.5 Å². The van der Waals surface area contributed by atoms with Crippen molar-refractivity contribution in [3.8, 4) is 0 Å². The fourth-order valence-electron chi connectivity index (χ4n) is 2.61. The van der Waals surface area contributed by atoms with Crippen molar-refractivity contribution in [2.24, 2.45) is 0 Å². The molecule has 1 amide bonds. The summed E-state index contributed by atoms with van der Waals surface area (Å²) in [6, 6.07) is 10.3. The molecule has 2 aromatic rings. The van der Waals surface area contributed by atoms with Crippen LogP contribution in [0.4, 0.5) is 25.0 Å². The van der Waals surface area contributed by atoms with E-state index in [2.05, 4.69) is 5.32 Å². The van der Waals surface area contributed by atoms with Crippen molar-refractivity contribution < 1.29 is 18.3 Å². The topological polar surface area (TPSA) is 41.6 Å². The summed E-state index contributed by atoms with van der Waals surface area (Å²) >= 11 is 0. The molecule has 1 aliphatic heterocycles. The van der Waals surface area contributed by atoms with Crippen LogP contribution in [0.15, 0.2) is 42.5 Å². The lowest BCUT2D eigenvalue weighted by molar-refractivity contribution is 0.181. The first-order valence-electron chi connectivity index (χ1n) is 7.31. The van der Waals surface area contributed by atoms with Crippen molar-refractivity contribution in [3.63, 3.8) is 0 Å². The Morgan fingerprint density at radius 2 is 1.78 bits per heavy atom. The number of ether oxygens (including phenoxy) is 1. The zero-order valence-electron chi connectivity index (χ0n) is 12.6. The number of hydrogen-bond donors (Lipinski definition) is 1. The predicted octanol–water partition coefficient (Wildman–Crippen LogP) is 4.09. The minimum Gasteiger partial charge on any atom is -0.447 e. The maximum atomic E-state index is 13.8. The SMILES string of the molecule is C[C@H](Nc1ccc(N2CCOC2=O)cc1)c1c(F)cccc1F. The molecule has 1 aliphatic rings. The van der Waals surface area contributed by atoms with Gasteiger partial charge in [-0.1, -0.05) is 6.07 Å². The number of rotatable bonds is 4. The van der Waals surface area contributed by atoms with E-state index in [0.29, 0.717) is 18.8 Å². The van der Waals surface area contributed by atoms with Crippen LogP contribution in [-0.4, -0.2) is 19.2 Å². The number of anilines is 2. The zero-order chi connectivity index (χ0) is 16.4. The Morgan fingerprint density at radius 1 is 1.13 bits per heavy atom. The van der Waals surface area contributed by atoms with Gasteiger partial charge in [0.2, 0.25) is 0 Å². The molecule has 1 heterocycles. The molecule has 0 aromatic heterocycles. The molecule has 1 fully saturated rings. The van der Waals surface area contributed by atoms with Gasteiger partial charge in [0.05, 0.1) is 12.6 Å². The van der Waals surface area contributed by atoms with Crippen LogP contribution < -0.4 is 10.2 Å². The average molecular weight is 318 g/mol. The number of nitrogens with one attached hydrogen (secondary N) is 1. The van der Waals surface area contributed by atoms with Crippen molar-refractivity contribution >= 4 is 17.5 Å². The Balaban J connectivity index is 1.74. The van der Waals surface area contributed by atoms with Crippen LogP contribution in [0.3, 0.4) is 0 Å². The molecule has 0 spiro atoms. The van der Waals surface area contributed by atoms with E-state index in [1.165, 1.54) is 23.1 Å². The molecule has 0 aliphatic carbocycles. The number of benzene rings is 2. The summed E-state index contributed by atoms with van der Waals surface area (Å²) in [5.41, 5.74) is 1.43. The maximum absolute atomic E-state index is 13.8. The molecule has 0 unspecified atom stereocenters. The van der Waals surface area contributed by atoms with E-state index in [1.807, 2.05) is 0 Å². The molecule has 1 saturated heterocycles. The van der Waals surface area contributed by atoms with Gasteiger partial charge in [0.15, 0.2) is 0 Å². The van der Waals surface area contributed by atoms with Gasteiger partial charge >= 0.3 is 6.09 Å². The molecule has 0 saturated carbocycles. The fourth-order valence-corrected chi connectivity index (χ4v) is 2.61. The largest absolute Gasteiger partial charge is 0.447 e. The van der Waals surface area contributed by atoms with Crippen LogP contribution in [-0.2, 0) is 4.74 Å². The number of nitrogens with zero attached hydrogens (tertiary/aromatic N) is 1. The van der Waals surface area contributed by atoms with Crippen LogP contribution in [0.5, 0.6) is 0 Å². The number of cyclic esters (lactones) is 1. The summed E-state index contributed by atoms with van der Waals surface area (Å²) in [6.45, 7) is 2.58. The Labute approximate surface area is 132 Å². The maximum Gasteiger partial charge on any atom is 0.414 e.